The minimum atomic E-state index is -0.612. The second kappa shape index (κ2) is 7.51. The average molecular weight is 397 g/mol. The third kappa shape index (κ3) is 3.29. The summed E-state index contributed by atoms with van der Waals surface area (Å²) in [5.74, 6) is 0.189. The second-order valence-corrected chi connectivity index (χ2v) is 7.57. The highest BCUT2D eigenvalue weighted by Crippen LogP contribution is 2.30. The first kappa shape index (κ1) is 18.3. The third-order valence-electron chi connectivity index (χ3n) is 4.75. The molecule has 0 aliphatic carbocycles. The molecule has 144 valence electrons. The van der Waals surface area contributed by atoms with E-state index in [1.807, 2.05) is 19.1 Å². The molecule has 0 fully saturated rings. The Labute approximate surface area is 165 Å². The van der Waals surface area contributed by atoms with Gasteiger partial charge in [0.15, 0.2) is 0 Å². The Bertz CT molecular complexity index is 1060. The van der Waals surface area contributed by atoms with Gasteiger partial charge >= 0.3 is 5.97 Å². The van der Waals surface area contributed by atoms with Crippen LogP contribution in [-0.2, 0) is 16.0 Å². The van der Waals surface area contributed by atoms with Gasteiger partial charge in [-0.15, -0.1) is 11.3 Å². The summed E-state index contributed by atoms with van der Waals surface area (Å²) in [6.45, 7) is 1.96. The maximum atomic E-state index is 12.9. The standard InChI is InChI=1S/C19H19N5O3S/c1-11(15-10-22-17(28-15)12-5-7-20-8-6-12)23-13-9-21-16-4-3-14(19(26)27-2)24(16)18(13)25/h5-11,14,23H,3-4H2,1-2H3/t11-,14+/m1/s1. The highest BCUT2D eigenvalue weighted by molar-refractivity contribution is 7.15. The number of nitrogens with zero attached hydrogens (tertiary/aromatic N) is 4. The summed E-state index contributed by atoms with van der Waals surface area (Å²) in [6.07, 6.45) is 7.90. The van der Waals surface area contributed by atoms with Gasteiger partial charge in [-0.25, -0.2) is 14.8 Å². The van der Waals surface area contributed by atoms with Crippen molar-refractivity contribution in [1.82, 2.24) is 19.5 Å². The molecule has 28 heavy (non-hydrogen) atoms. The van der Waals surface area contributed by atoms with Crippen molar-refractivity contribution in [2.24, 2.45) is 0 Å². The number of carbonyl (C=O) groups is 1. The minimum Gasteiger partial charge on any atom is -0.467 e. The van der Waals surface area contributed by atoms with Crippen LogP contribution in [0.4, 0.5) is 5.69 Å². The lowest BCUT2D eigenvalue weighted by molar-refractivity contribution is -0.144. The van der Waals surface area contributed by atoms with Crippen LogP contribution in [-0.4, -0.2) is 32.6 Å². The Morgan fingerprint density at radius 1 is 1.32 bits per heavy atom. The first-order chi connectivity index (χ1) is 13.6. The SMILES string of the molecule is COC(=O)[C@@H]1CCc2ncc(N[C@H](C)c3cnc(-c4ccncc4)s3)c(=O)n21. The van der Waals surface area contributed by atoms with Crippen LogP contribution in [0.2, 0.25) is 0 Å². The Kier molecular flexibility index (Phi) is 4.91. The van der Waals surface area contributed by atoms with E-state index in [2.05, 4.69) is 20.3 Å². The van der Waals surface area contributed by atoms with E-state index >= 15 is 0 Å². The minimum absolute atomic E-state index is 0.140. The molecule has 1 aliphatic rings. The molecule has 0 saturated carbocycles. The summed E-state index contributed by atoms with van der Waals surface area (Å²) in [5, 5.41) is 4.10. The van der Waals surface area contributed by atoms with Crippen molar-refractivity contribution in [3.05, 3.63) is 58.0 Å². The van der Waals surface area contributed by atoms with Gasteiger partial charge in [0.2, 0.25) is 0 Å². The molecule has 0 aromatic carbocycles. The van der Waals surface area contributed by atoms with Gasteiger partial charge in [0, 0.05) is 35.5 Å². The zero-order valence-corrected chi connectivity index (χ0v) is 16.3. The summed E-state index contributed by atoms with van der Waals surface area (Å²) < 4.78 is 6.26. The number of anilines is 1. The van der Waals surface area contributed by atoms with E-state index in [9.17, 15) is 9.59 Å². The summed E-state index contributed by atoms with van der Waals surface area (Å²) in [4.78, 5) is 38.7. The number of rotatable bonds is 5. The molecule has 1 aliphatic heterocycles. The Morgan fingerprint density at radius 3 is 2.86 bits per heavy atom. The molecule has 0 spiro atoms. The number of hydrogen-bond acceptors (Lipinski definition) is 8. The molecule has 9 heteroatoms. The van der Waals surface area contributed by atoms with Crippen LogP contribution in [0, 0.1) is 0 Å². The van der Waals surface area contributed by atoms with E-state index in [1.165, 1.54) is 17.9 Å². The van der Waals surface area contributed by atoms with Gasteiger partial charge in [-0.05, 0) is 25.5 Å². The van der Waals surface area contributed by atoms with Crippen LogP contribution in [0.15, 0.2) is 41.7 Å². The van der Waals surface area contributed by atoms with Gasteiger partial charge in [0.05, 0.1) is 19.3 Å². The maximum Gasteiger partial charge on any atom is 0.329 e. The smallest absolute Gasteiger partial charge is 0.329 e. The van der Waals surface area contributed by atoms with Gasteiger partial charge in [-0.2, -0.15) is 0 Å². The highest BCUT2D eigenvalue weighted by Gasteiger charge is 2.32. The van der Waals surface area contributed by atoms with Crippen LogP contribution >= 0.6 is 11.3 Å². The number of methoxy groups -OCH3 is 1. The van der Waals surface area contributed by atoms with Crippen LogP contribution in [0.3, 0.4) is 0 Å². The van der Waals surface area contributed by atoms with Crippen LogP contribution in [0.1, 0.15) is 36.1 Å². The van der Waals surface area contributed by atoms with Gasteiger partial charge in [0.25, 0.3) is 5.56 Å². The molecule has 3 aromatic rings. The predicted molar refractivity (Wildman–Crippen MR) is 105 cm³/mol. The normalized spacial score (nSPS) is 16.4. The molecule has 3 aromatic heterocycles. The quantitative estimate of drug-likeness (QED) is 0.661. The lowest BCUT2D eigenvalue weighted by Crippen LogP contribution is -2.31. The predicted octanol–water partition coefficient (Wildman–Crippen LogP) is 2.60. The fourth-order valence-electron chi connectivity index (χ4n) is 3.28. The first-order valence-electron chi connectivity index (χ1n) is 8.89. The van der Waals surface area contributed by atoms with Gasteiger partial charge in [-0.3, -0.25) is 14.3 Å². The van der Waals surface area contributed by atoms with E-state index in [0.29, 0.717) is 24.4 Å². The molecule has 0 saturated heterocycles. The summed E-state index contributed by atoms with van der Waals surface area (Å²) >= 11 is 1.55. The number of hydrogen-bond donors (Lipinski definition) is 1. The van der Waals surface area contributed by atoms with Gasteiger partial charge in [-0.1, -0.05) is 0 Å². The number of thiazole rings is 1. The number of carbonyl (C=O) groups excluding carboxylic acids is 1. The second-order valence-electron chi connectivity index (χ2n) is 6.51. The topological polar surface area (TPSA) is 99.0 Å². The van der Waals surface area contributed by atoms with Crippen molar-refractivity contribution in [2.45, 2.75) is 31.8 Å². The highest BCUT2D eigenvalue weighted by atomic mass is 32.1. The van der Waals surface area contributed by atoms with Gasteiger partial charge < -0.3 is 10.1 Å². The molecule has 1 N–H and O–H groups in total. The molecular formula is C19H19N5O3S. The molecule has 4 rings (SSSR count). The average Bonchev–Trinajstić information content (AvgIpc) is 3.38. The number of pyridine rings is 1. The molecule has 0 radical (unpaired) electrons. The number of aryl methyl sites for hydroxylation is 1. The third-order valence-corrected chi connectivity index (χ3v) is 5.98. The first-order valence-corrected chi connectivity index (χ1v) is 9.71. The van der Waals surface area contributed by atoms with Crippen LogP contribution < -0.4 is 10.9 Å². The number of ether oxygens (including phenoxy) is 1. The van der Waals surface area contributed by atoms with Crippen LogP contribution in [0.5, 0.6) is 0 Å². The van der Waals surface area contributed by atoms with Crippen molar-refractivity contribution >= 4 is 23.0 Å². The maximum absolute atomic E-state index is 12.9. The van der Waals surface area contributed by atoms with E-state index in [-0.39, 0.29) is 11.6 Å². The number of aromatic nitrogens is 4. The van der Waals surface area contributed by atoms with E-state index in [0.717, 1.165) is 15.4 Å². The number of esters is 1. The van der Waals surface area contributed by atoms with E-state index < -0.39 is 12.0 Å². The van der Waals surface area contributed by atoms with Crippen molar-refractivity contribution in [2.75, 3.05) is 12.4 Å². The van der Waals surface area contributed by atoms with E-state index in [4.69, 9.17) is 4.74 Å². The Balaban J connectivity index is 1.58. The monoisotopic (exact) mass is 397 g/mol. The summed E-state index contributed by atoms with van der Waals surface area (Å²) in [7, 11) is 1.33. The molecule has 8 nitrogen and oxygen atoms in total. The molecule has 0 amide bonds. The fourth-order valence-corrected chi connectivity index (χ4v) is 4.21. The fraction of sp³-hybridized carbons (Fsp3) is 0.316. The molecule has 4 heterocycles. The molecule has 2 atom stereocenters. The van der Waals surface area contributed by atoms with Crippen molar-refractivity contribution in [1.29, 1.82) is 0 Å². The Morgan fingerprint density at radius 2 is 2.11 bits per heavy atom. The van der Waals surface area contributed by atoms with Crippen molar-refractivity contribution in [3.8, 4) is 10.6 Å². The molecular weight excluding hydrogens is 378 g/mol. The zero-order valence-electron chi connectivity index (χ0n) is 15.5. The molecule has 0 bridgehead atoms. The number of nitrogens with one attached hydrogen (secondary N) is 1. The number of fused-ring (bicyclic) bond motifs is 1. The summed E-state index contributed by atoms with van der Waals surface area (Å²) in [5.41, 5.74) is 1.09. The lowest BCUT2D eigenvalue weighted by Gasteiger charge is -2.16. The van der Waals surface area contributed by atoms with Gasteiger partial charge in [0.1, 0.15) is 22.6 Å². The summed E-state index contributed by atoms with van der Waals surface area (Å²) in [6, 6.07) is 3.06. The van der Waals surface area contributed by atoms with Crippen molar-refractivity contribution in [3.63, 3.8) is 0 Å². The largest absolute Gasteiger partial charge is 0.467 e. The van der Waals surface area contributed by atoms with Crippen molar-refractivity contribution < 1.29 is 9.53 Å². The lowest BCUT2D eigenvalue weighted by atomic mass is 10.2. The Hall–Kier alpha value is -3.07. The zero-order chi connectivity index (χ0) is 19.7. The molecule has 0 unspecified atom stereocenters. The van der Waals surface area contributed by atoms with Crippen LogP contribution in [0.25, 0.3) is 10.6 Å². The van der Waals surface area contributed by atoms with E-state index in [1.54, 1.807) is 29.9 Å².